The molecule has 0 aliphatic rings. The Bertz CT molecular complexity index is 1140. The number of rotatable bonds is 12. The molecule has 0 atom stereocenters. The maximum absolute atomic E-state index is 12.2. The predicted molar refractivity (Wildman–Crippen MR) is 119 cm³/mol. The number of hydrogen-bond acceptors (Lipinski definition) is 8. The summed E-state index contributed by atoms with van der Waals surface area (Å²) in [6.07, 6.45) is -1.15. The van der Waals surface area contributed by atoms with Crippen molar-refractivity contribution in [2.45, 2.75) is 44.9 Å². The number of hydrogen-bond donors (Lipinski definition) is 4. The van der Waals surface area contributed by atoms with Crippen LogP contribution in [0.1, 0.15) is 36.9 Å². The van der Waals surface area contributed by atoms with Gasteiger partial charge < -0.3 is 21.4 Å². The number of hydrazine groups is 1. The van der Waals surface area contributed by atoms with Crippen molar-refractivity contribution in [1.82, 2.24) is 30.2 Å². The number of halogens is 3. The average Bonchev–Trinajstić information content (AvgIpc) is 3.20. The fourth-order valence-corrected chi connectivity index (χ4v) is 2.82. The molecule has 6 N–H and O–H groups in total. The summed E-state index contributed by atoms with van der Waals surface area (Å²) in [6.45, 7) is 4.08. The Kier molecular flexibility index (Phi) is 9.59. The highest BCUT2D eigenvalue weighted by molar-refractivity contribution is 5.92. The third-order valence-electron chi connectivity index (χ3n) is 4.55. The van der Waals surface area contributed by atoms with Gasteiger partial charge >= 0.3 is 6.18 Å². The van der Waals surface area contributed by atoms with Gasteiger partial charge in [0.1, 0.15) is 5.70 Å². The van der Waals surface area contributed by atoms with Crippen molar-refractivity contribution < 1.29 is 22.8 Å². The molecule has 0 saturated carbocycles. The third-order valence-corrected chi connectivity index (χ3v) is 4.55. The van der Waals surface area contributed by atoms with Crippen molar-refractivity contribution >= 4 is 17.5 Å². The van der Waals surface area contributed by atoms with Crippen LogP contribution in [0.15, 0.2) is 42.5 Å². The molecule has 0 aromatic carbocycles. The number of imidazole rings is 1. The van der Waals surface area contributed by atoms with Crippen molar-refractivity contribution in [2.75, 3.05) is 6.54 Å². The molecule has 0 saturated heterocycles. The predicted octanol–water partition coefficient (Wildman–Crippen LogP) is 1.14. The highest BCUT2D eigenvalue weighted by Gasteiger charge is 2.27. The largest absolute Gasteiger partial charge is 0.393 e. The van der Waals surface area contributed by atoms with Crippen LogP contribution in [-0.4, -0.2) is 44.1 Å². The van der Waals surface area contributed by atoms with E-state index in [1.165, 1.54) is 21.9 Å². The zero-order valence-electron chi connectivity index (χ0n) is 18.8. The molecular formula is C21H26F3N9O2. The van der Waals surface area contributed by atoms with E-state index >= 15 is 0 Å². The van der Waals surface area contributed by atoms with Crippen molar-refractivity contribution in [2.24, 2.45) is 11.6 Å². The number of nitriles is 1. The Morgan fingerprint density at radius 2 is 2.03 bits per heavy atom. The fraction of sp³-hybridized carbons (Fsp3) is 0.381. The van der Waals surface area contributed by atoms with Crippen molar-refractivity contribution in [3.63, 3.8) is 0 Å². The van der Waals surface area contributed by atoms with E-state index in [1.807, 2.05) is 6.07 Å². The molecule has 0 unspecified atom stereocenters. The van der Waals surface area contributed by atoms with E-state index in [9.17, 15) is 22.8 Å². The van der Waals surface area contributed by atoms with Gasteiger partial charge in [-0.15, -0.1) is 0 Å². The van der Waals surface area contributed by atoms with Gasteiger partial charge in [-0.25, -0.2) is 15.3 Å². The number of aromatic nitrogens is 3. The maximum atomic E-state index is 12.2. The summed E-state index contributed by atoms with van der Waals surface area (Å²) in [7, 11) is 0. The number of carbonyl (C=O) groups is 2. The summed E-state index contributed by atoms with van der Waals surface area (Å²) >= 11 is 0. The highest BCUT2D eigenvalue weighted by Crippen LogP contribution is 2.21. The Balaban J connectivity index is 1.87. The molecule has 14 heteroatoms. The Morgan fingerprint density at radius 1 is 1.29 bits per heavy atom. The lowest BCUT2D eigenvalue weighted by molar-refractivity contribution is -0.144. The number of fused-ring (bicyclic) bond motifs is 1. The van der Waals surface area contributed by atoms with E-state index in [-0.39, 0.29) is 25.3 Å². The summed E-state index contributed by atoms with van der Waals surface area (Å²) in [4.78, 5) is 28.1. The van der Waals surface area contributed by atoms with Crippen LogP contribution in [0.3, 0.4) is 0 Å². The number of amides is 2. The van der Waals surface area contributed by atoms with Gasteiger partial charge in [-0.2, -0.15) is 23.5 Å². The number of alkyl halides is 3. The number of carbonyl (C=O) groups excluding carboxylic acids is 2. The number of nitrogens with zero attached hydrogens (tertiary/aromatic N) is 5. The number of nitrogens with two attached hydrogens (primary N) is 2. The van der Waals surface area contributed by atoms with E-state index in [0.717, 1.165) is 5.57 Å². The maximum Gasteiger partial charge on any atom is 0.389 e. The van der Waals surface area contributed by atoms with Crippen LogP contribution in [-0.2, 0) is 22.7 Å². The first-order valence-electron chi connectivity index (χ1n) is 10.4. The Labute approximate surface area is 199 Å². The van der Waals surface area contributed by atoms with Crippen LogP contribution in [0.2, 0.25) is 0 Å². The Morgan fingerprint density at radius 3 is 2.71 bits per heavy atom. The second kappa shape index (κ2) is 12.4. The van der Waals surface area contributed by atoms with Crippen LogP contribution in [0.5, 0.6) is 0 Å². The summed E-state index contributed by atoms with van der Waals surface area (Å²) in [6, 6.07) is 3.62. The van der Waals surface area contributed by atoms with Gasteiger partial charge in [-0.1, -0.05) is 12.2 Å². The molecular weight excluding hydrogens is 467 g/mol. The minimum absolute atomic E-state index is 0.00102. The van der Waals surface area contributed by atoms with Crippen LogP contribution < -0.4 is 22.2 Å². The molecule has 2 heterocycles. The molecule has 0 radical (unpaired) electrons. The Hall–Kier alpha value is -4.12. The monoisotopic (exact) mass is 493 g/mol. The molecule has 2 aromatic heterocycles. The topological polar surface area (TPSA) is 167 Å². The molecule has 188 valence electrons. The molecule has 0 aliphatic heterocycles. The molecule has 35 heavy (non-hydrogen) atoms. The second-order valence-electron chi connectivity index (χ2n) is 7.64. The molecule has 0 fully saturated rings. The van der Waals surface area contributed by atoms with E-state index in [1.54, 1.807) is 12.3 Å². The molecule has 0 aliphatic carbocycles. The lowest BCUT2D eigenvalue weighted by atomic mass is 10.2. The average molecular weight is 493 g/mol. The SMILES string of the molecule is C=C(CCC#N)CN(N)/C=C(\N)C(=O)NCc1cn2ncc(CNC(=O)CCC(F)(F)F)cc2n1. The standard InChI is InChI=1S/C21H26F3N9O2/c1-14(3-2-6-25)11-32(27)13-17(26)20(35)29-10-16-12-33-18(31-16)7-15(9-30-33)8-28-19(34)4-5-21(22,23)24/h7,9,12-13H,1-5,8,10-11,26-27H2,(H,28,34)(H,29,35)/b17-13-. The van der Waals surface area contributed by atoms with Gasteiger partial charge in [0.05, 0.1) is 43.7 Å². The number of nitrogens with one attached hydrogen (secondary N) is 2. The smallest absolute Gasteiger partial charge is 0.389 e. The van der Waals surface area contributed by atoms with Crippen molar-refractivity contribution in [1.29, 1.82) is 5.26 Å². The third kappa shape index (κ3) is 9.72. The van der Waals surface area contributed by atoms with Crippen molar-refractivity contribution in [3.05, 3.63) is 53.8 Å². The minimum Gasteiger partial charge on any atom is -0.393 e. The quantitative estimate of drug-likeness (QED) is 0.148. The molecule has 2 amide bonds. The first-order valence-corrected chi connectivity index (χ1v) is 10.4. The van der Waals surface area contributed by atoms with E-state index in [2.05, 4.69) is 27.3 Å². The van der Waals surface area contributed by atoms with Gasteiger partial charge in [0, 0.05) is 25.6 Å². The molecule has 0 spiro atoms. The van der Waals surface area contributed by atoms with Crippen LogP contribution in [0.25, 0.3) is 5.65 Å². The summed E-state index contributed by atoms with van der Waals surface area (Å²) in [5.41, 5.74) is 7.79. The first kappa shape index (κ1) is 27.1. The zero-order valence-corrected chi connectivity index (χ0v) is 18.8. The minimum atomic E-state index is -4.39. The lowest BCUT2D eigenvalue weighted by Crippen LogP contribution is -2.33. The van der Waals surface area contributed by atoms with Gasteiger partial charge in [-0.05, 0) is 18.1 Å². The fourth-order valence-electron chi connectivity index (χ4n) is 2.82. The van der Waals surface area contributed by atoms with Gasteiger partial charge in [0.15, 0.2) is 5.65 Å². The normalized spacial score (nSPS) is 11.7. The summed E-state index contributed by atoms with van der Waals surface area (Å²) in [5.74, 6) is 4.50. The van der Waals surface area contributed by atoms with Gasteiger partial charge in [0.25, 0.3) is 5.91 Å². The zero-order chi connectivity index (χ0) is 26.0. The summed E-state index contributed by atoms with van der Waals surface area (Å²) in [5, 5.41) is 18.9. The first-order chi connectivity index (χ1) is 16.5. The molecule has 0 bridgehead atoms. The van der Waals surface area contributed by atoms with Gasteiger partial charge in [-0.3, -0.25) is 9.59 Å². The van der Waals surface area contributed by atoms with Crippen LogP contribution in [0, 0.1) is 11.3 Å². The lowest BCUT2D eigenvalue weighted by Gasteiger charge is -2.16. The molecule has 11 nitrogen and oxygen atoms in total. The van der Waals surface area contributed by atoms with E-state index in [4.69, 9.17) is 16.8 Å². The summed E-state index contributed by atoms with van der Waals surface area (Å²) < 4.78 is 38.0. The van der Waals surface area contributed by atoms with Crippen LogP contribution >= 0.6 is 0 Å². The second-order valence-corrected chi connectivity index (χ2v) is 7.64. The molecule has 2 aromatic rings. The van der Waals surface area contributed by atoms with Crippen molar-refractivity contribution in [3.8, 4) is 6.07 Å². The van der Waals surface area contributed by atoms with E-state index in [0.29, 0.717) is 29.7 Å². The van der Waals surface area contributed by atoms with Crippen LogP contribution in [0.4, 0.5) is 13.2 Å². The molecule has 2 rings (SSSR count). The highest BCUT2D eigenvalue weighted by atomic mass is 19.4. The van der Waals surface area contributed by atoms with Gasteiger partial charge in [0.2, 0.25) is 5.91 Å². The van der Waals surface area contributed by atoms with E-state index < -0.39 is 30.8 Å².